The Morgan fingerprint density at radius 2 is 2.21 bits per heavy atom. The maximum atomic E-state index is 13.6. The number of benzene rings is 1. The minimum atomic E-state index is -1.08. The van der Waals surface area contributed by atoms with Gasteiger partial charge in [-0.3, -0.25) is 4.98 Å². The number of aromatic carboxylic acids is 1. The molecule has 0 saturated carbocycles. The van der Waals surface area contributed by atoms with E-state index >= 15 is 0 Å². The third-order valence-electron chi connectivity index (χ3n) is 2.83. The van der Waals surface area contributed by atoms with Crippen LogP contribution in [-0.2, 0) is 6.54 Å². The van der Waals surface area contributed by atoms with Gasteiger partial charge in [0.2, 0.25) is 0 Å². The smallest absolute Gasteiger partial charge is 0.335 e. The fourth-order valence-corrected chi connectivity index (χ4v) is 1.67. The van der Waals surface area contributed by atoms with Crippen LogP contribution in [0.4, 0.5) is 10.1 Å². The zero-order chi connectivity index (χ0) is 13.8. The lowest BCUT2D eigenvalue weighted by Crippen LogP contribution is -2.05. The molecule has 0 unspecified atom stereocenters. The molecule has 1 aromatic heterocycles. The van der Waals surface area contributed by atoms with E-state index in [-0.39, 0.29) is 11.3 Å². The molecule has 0 aliphatic rings. The second-order valence-electron chi connectivity index (χ2n) is 4.16. The molecule has 0 spiro atoms. The van der Waals surface area contributed by atoms with Gasteiger partial charge in [-0.1, -0.05) is 0 Å². The number of rotatable bonds is 4. The van der Waals surface area contributed by atoms with Gasteiger partial charge in [-0.25, -0.2) is 9.18 Å². The lowest BCUT2D eigenvalue weighted by molar-refractivity contribution is 0.0697. The molecule has 2 rings (SSSR count). The molecule has 0 bridgehead atoms. The van der Waals surface area contributed by atoms with E-state index in [2.05, 4.69) is 10.3 Å². The summed E-state index contributed by atoms with van der Waals surface area (Å²) in [6, 6.07) is 5.52. The number of carboxylic acids is 1. The Morgan fingerprint density at radius 3 is 2.89 bits per heavy atom. The predicted molar refractivity (Wildman–Crippen MR) is 69.7 cm³/mol. The molecule has 0 aliphatic heterocycles. The maximum Gasteiger partial charge on any atom is 0.335 e. The highest BCUT2D eigenvalue weighted by atomic mass is 19.1. The van der Waals surface area contributed by atoms with Crippen molar-refractivity contribution in [2.24, 2.45) is 0 Å². The Balaban J connectivity index is 2.17. The van der Waals surface area contributed by atoms with Gasteiger partial charge in [0.25, 0.3) is 0 Å². The van der Waals surface area contributed by atoms with Crippen molar-refractivity contribution in [2.45, 2.75) is 13.5 Å². The largest absolute Gasteiger partial charge is 0.478 e. The monoisotopic (exact) mass is 260 g/mol. The summed E-state index contributed by atoms with van der Waals surface area (Å²) >= 11 is 0. The Labute approximate surface area is 109 Å². The average molecular weight is 260 g/mol. The first-order valence-corrected chi connectivity index (χ1v) is 5.74. The first-order valence-electron chi connectivity index (χ1n) is 5.74. The van der Waals surface area contributed by atoms with Gasteiger partial charge < -0.3 is 10.4 Å². The van der Waals surface area contributed by atoms with Crippen LogP contribution in [0.3, 0.4) is 0 Å². The van der Waals surface area contributed by atoms with Crippen molar-refractivity contribution in [3.8, 4) is 0 Å². The number of carbonyl (C=O) groups is 1. The van der Waals surface area contributed by atoms with E-state index in [0.717, 1.165) is 17.2 Å². The molecule has 0 aliphatic carbocycles. The lowest BCUT2D eigenvalue weighted by atomic mass is 10.1. The number of aryl methyl sites for hydroxylation is 1. The van der Waals surface area contributed by atoms with Crippen molar-refractivity contribution in [1.82, 2.24) is 4.98 Å². The van der Waals surface area contributed by atoms with Gasteiger partial charge in [-0.05, 0) is 42.3 Å². The van der Waals surface area contributed by atoms with Crippen molar-refractivity contribution < 1.29 is 14.3 Å². The van der Waals surface area contributed by atoms with Crippen LogP contribution in [-0.4, -0.2) is 16.1 Å². The molecular weight excluding hydrogens is 247 g/mol. The predicted octanol–water partition coefficient (Wildman–Crippen LogP) is 2.84. The number of pyridine rings is 1. The molecule has 5 heteroatoms. The van der Waals surface area contributed by atoms with Crippen LogP contribution in [0.1, 0.15) is 21.5 Å². The van der Waals surface area contributed by atoms with E-state index in [1.54, 1.807) is 12.4 Å². The van der Waals surface area contributed by atoms with Crippen molar-refractivity contribution in [1.29, 1.82) is 0 Å². The van der Waals surface area contributed by atoms with Crippen LogP contribution >= 0.6 is 0 Å². The minimum absolute atomic E-state index is 0.0480. The number of hydrogen-bond donors (Lipinski definition) is 2. The summed E-state index contributed by atoms with van der Waals surface area (Å²) in [5.41, 5.74) is 2.19. The molecule has 0 radical (unpaired) electrons. The molecule has 4 nitrogen and oxygen atoms in total. The van der Waals surface area contributed by atoms with Crippen molar-refractivity contribution in [3.05, 3.63) is 59.2 Å². The van der Waals surface area contributed by atoms with Crippen LogP contribution < -0.4 is 5.32 Å². The van der Waals surface area contributed by atoms with E-state index in [1.807, 2.05) is 13.0 Å². The summed E-state index contributed by atoms with van der Waals surface area (Å²) in [5.74, 6) is -1.56. The highest BCUT2D eigenvalue weighted by molar-refractivity contribution is 5.88. The lowest BCUT2D eigenvalue weighted by Gasteiger charge is -2.10. The minimum Gasteiger partial charge on any atom is -0.478 e. The van der Waals surface area contributed by atoms with E-state index in [0.29, 0.717) is 6.54 Å². The summed E-state index contributed by atoms with van der Waals surface area (Å²) in [6.07, 6.45) is 3.38. The molecule has 2 aromatic rings. The van der Waals surface area contributed by atoms with E-state index in [1.165, 1.54) is 12.1 Å². The number of carboxylic acid groups (broad SMARTS) is 1. The number of hydrogen-bond acceptors (Lipinski definition) is 3. The Bertz CT molecular complexity index is 614. The maximum absolute atomic E-state index is 13.6. The van der Waals surface area contributed by atoms with E-state index in [9.17, 15) is 9.18 Å². The highest BCUT2D eigenvalue weighted by Crippen LogP contribution is 2.18. The third kappa shape index (κ3) is 3.07. The Hall–Kier alpha value is -2.43. The number of nitrogens with zero attached hydrogens (tertiary/aromatic N) is 1. The molecule has 0 fully saturated rings. The van der Waals surface area contributed by atoms with Crippen LogP contribution in [0.25, 0.3) is 0 Å². The van der Waals surface area contributed by atoms with E-state index < -0.39 is 11.8 Å². The average Bonchev–Trinajstić information content (AvgIpc) is 2.39. The van der Waals surface area contributed by atoms with Crippen LogP contribution in [0, 0.1) is 12.7 Å². The standard InChI is InChI=1S/C14H13FN2O2/c1-9-4-5-16-7-11(9)8-17-13-6-10(14(18)19)2-3-12(13)15/h2-7,17H,8H2,1H3,(H,18,19). The van der Waals surface area contributed by atoms with Gasteiger partial charge in [0.05, 0.1) is 11.3 Å². The summed E-state index contributed by atoms with van der Waals surface area (Å²) in [6.45, 7) is 2.32. The quantitative estimate of drug-likeness (QED) is 0.887. The molecule has 1 heterocycles. The third-order valence-corrected chi connectivity index (χ3v) is 2.83. The van der Waals surface area contributed by atoms with Crippen LogP contribution in [0.5, 0.6) is 0 Å². The molecule has 2 N–H and O–H groups in total. The second-order valence-corrected chi connectivity index (χ2v) is 4.16. The summed E-state index contributed by atoms with van der Waals surface area (Å²) in [4.78, 5) is 14.8. The van der Waals surface area contributed by atoms with Crippen molar-refractivity contribution in [2.75, 3.05) is 5.32 Å². The zero-order valence-electron chi connectivity index (χ0n) is 10.4. The SMILES string of the molecule is Cc1ccncc1CNc1cc(C(=O)O)ccc1F. The van der Waals surface area contributed by atoms with Gasteiger partial charge >= 0.3 is 5.97 Å². The zero-order valence-corrected chi connectivity index (χ0v) is 10.4. The first-order chi connectivity index (χ1) is 9.08. The van der Waals surface area contributed by atoms with Gasteiger partial charge in [0.15, 0.2) is 0 Å². The highest BCUT2D eigenvalue weighted by Gasteiger charge is 2.08. The van der Waals surface area contributed by atoms with Crippen molar-refractivity contribution >= 4 is 11.7 Å². The number of nitrogens with one attached hydrogen (secondary N) is 1. The number of aromatic nitrogens is 1. The summed E-state index contributed by atoms with van der Waals surface area (Å²) in [7, 11) is 0. The number of anilines is 1. The van der Waals surface area contributed by atoms with Gasteiger partial charge in [0.1, 0.15) is 5.82 Å². The van der Waals surface area contributed by atoms with Crippen LogP contribution in [0.2, 0.25) is 0 Å². The van der Waals surface area contributed by atoms with E-state index in [4.69, 9.17) is 5.11 Å². The molecule has 0 amide bonds. The molecule has 98 valence electrons. The topological polar surface area (TPSA) is 62.2 Å². The fourth-order valence-electron chi connectivity index (χ4n) is 1.67. The molecular formula is C14H13FN2O2. The van der Waals surface area contributed by atoms with Crippen LogP contribution in [0.15, 0.2) is 36.7 Å². The summed E-state index contributed by atoms with van der Waals surface area (Å²) in [5, 5.41) is 11.8. The van der Waals surface area contributed by atoms with Gasteiger partial charge in [-0.15, -0.1) is 0 Å². The fraction of sp³-hybridized carbons (Fsp3) is 0.143. The normalized spacial score (nSPS) is 10.2. The second kappa shape index (κ2) is 5.48. The molecule has 19 heavy (non-hydrogen) atoms. The molecule has 1 aromatic carbocycles. The Kier molecular flexibility index (Phi) is 3.75. The summed E-state index contributed by atoms with van der Waals surface area (Å²) < 4.78 is 13.6. The van der Waals surface area contributed by atoms with Gasteiger partial charge in [-0.2, -0.15) is 0 Å². The molecule has 0 saturated heterocycles. The van der Waals surface area contributed by atoms with Gasteiger partial charge in [0, 0.05) is 18.9 Å². The Morgan fingerprint density at radius 1 is 1.42 bits per heavy atom. The number of halogens is 1. The molecule has 0 atom stereocenters. The first kappa shape index (κ1) is 13.0. The van der Waals surface area contributed by atoms with Crippen molar-refractivity contribution in [3.63, 3.8) is 0 Å².